The molecular weight excluding hydrogens is 613 g/mol. The summed E-state index contributed by atoms with van der Waals surface area (Å²) in [6.07, 6.45) is -0.612. The van der Waals surface area contributed by atoms with Crippen LogP contribution in [0.25, 0.3) is 11.2 Å². The molecule has 0 amide bonds. The Kier molecular flexibility index (Phi) is 7.91. The summed E-state index contributed by atoms with van der Waals surface area (Å²) >= 11 is 5.45. The van der Waals surface area contributed by atoms with Gasteiger partial charge in [0.2, 0.25) is 0 Å². The number of nitrogens with zero attached hydrogens (tertiary/aromatic N) is 4. The summed E-state index contributed by atoms with van der Waals surface area (Å²) in [6, 6.07) is 28.3. The summed E-state index contributed by atoms with van der Waals surface area (Å²) in [7, 11) is 3.09. The van der Waals surface area contributed by atoms with Gasteiger partial charge in [0.05, 0.1) is 19.5 Å². The molecule has 2 saturated heterocycles. The molecule has 0 spiro atoms. The number of imidazole rings is 1. The van der Waals surface area contributed by atoms with E-state index in [-0.39, 0.29) is 0 Å². The lowest BCUT2D eigenvalue weighted by atomic mass is 9.77. The molecule has 0 radical (unpaired) electrons. The Morgan fingerprint density at radius 1 is 0.867 bits per heavy atom. The summed E-state index contributed by atoms with van der Waals surface area (Å²) in [6.45, 7) is -1.18. The van der Waals surface area contributed by atoms with Gasteiger partial charge >= 0.3 is 6.72 Å². The quantitative estimate of drug-likeness (QED) is 0.172. The Hall–Kier alpha value is -3.74. The van der Waals surface area contributed by atoms with Crippen LogP contribution in [0, 0.1) is 0 Å². The van der Waals surface area contributed by atoms with Gasteiger partial charge in [-0.05, 0) is 47.6 Å². The minimum atomic E-state index is -3.01. The molecule has 3 aromatic carbocycles. The second-order valence-electron chi connectivity index (χ2n) is 10.9. The van der Waals surface area contributed by atoms with Crippen LogP contribution in [0.4, 0.5) is 5.82 Å². The lowest BCUT2D eigenvalue weighted by Crippen LogP contribution is -2.43. The third-order valence-corrected chi connectivity index (χ3v) is 10.9. The minimum Gasteiger partial charge on any atom is -0.497 e. The molecule has 7 rings (SSSR count). The van der Waals surface area contributed by atoms with Crippen molar-refractivity contribution in [2.75, 3.05) is 19.5 Å². The molecule has 0 bridgehead atoms. The van der Waals surface area contributed by atoms with Gasteiger partial charge in [-0.1, -0.05) is 72.8 Å². The van der Waals surface area contributed by atoms with E-state index in [0.29, 0.717) is 17.0 Å². The number of fused-ring (bicyclic) bond motifs is 2. The maximum atomic E-state index is 11.4. The summed E-state index contributed by atoms with van der Waals surface area (Å²) in [5.74, 6) is 1.24. The molecule has 6 unspecified atom stereocenters. The number of benzene rings is 3. The van der Waals surface area contributed by atoms with E-state index in [2.05, 4.69) is 39.6 Å². The highest BCUT2D eigenvalue weighted by Gasteiger charge is 2.54. The molecule has 45 heavy (non-hydrogen) atoms. The van der Waals surface area contributed by atoms with Crippen LogP contribution in [0.5, 0.6) is 5.75 Å². The fourth-order valence-electron chi connectivity index (χ4n) is 6.17. The van der Waals surface area contributed by atoms with Gasteiger partial charge in [-0.2, -0.15) is 0 Å². The molecule has 0 aliphatic carbocycles. The van der Waals surface area contributed by atoms with Crippen molar-refractivity contribution in [3.63, 3.8) is 0 Å². The van der Waals surface area contributed by atoms with Crippen molar-refractivity contribution in [3.8, 4) is 5.75 Å². The van der Waals surface area contributed by atoms with Gasteiger partial charge < -0.3 is 28.9 Å². The number of nitrogens with one attached hydrogen (secondary N) is 1. The first-order chi connectivity index (χ1) is 21.9. The second kappa shape index (κ2) is 11.9. The molecule has 232 valence electrons. The number of aromatic nitrogens is 4. The summed E-state index contributed by atoms with van der Waals surface area (Å²) in [4.78, 5) is 14.0. The average Bonchev–Trinajstić information content (AvgIpc) is 3.66. The van der Waals surface area contributed by atoms with Gasteiger partial charge in [0.1, 0.15) is 35.9 Å². The Balaban J connectivity index is 1.34. The molecule has 0 saturated carbocycles. The summed E-state index contributed by atoms with van der Waals surface area (Å²) < 4.78 is 30.6. The smallest absolute Gasteiger partial charge is 0.327 e. The zero-order valence-electron chi connectivity index (χ0n) is 24.8. The van der Waals surface area contributed by atoms with E-state index in [1.54, 1.807) is 18.0 Å². The van der Waals surface area contributed by atoms with E-state index in [9.17, 15) is 5.11 Å². The van der Waals surface area contributed by atoms with Gasteiger partial charge in [-0.25, -0.2) is 15.0 Å². The van der Waals surface area contributed by atoms with E-state index in [4.69, 9.17) is 39.8 Å². The van der Waals surface area contributed by atoms with Gasteiger partial charge in [-0.3, -0.25) is 9.09 Å². The maximum Gasteiger partial charge on any atom is 0.327 e. The summed E-state index contributed by atoms with van der Waals surface area (Å²) in [5.41, 5.74) is 3.04. The fourth-order valence-corrected chi connectivity index (χ4v) is 8.17. The van der Waals surface area contributed by atoms with E-state index in [1.165, 1.54) is 13.4 Å². The average molecular weight is 646 g/mol. The van der Waals surface area contributed by atoms with Crippen LogP contribution >= 0.6 is 6.72 Å². The Bertz CT molecular complexity index is 1800. The van der Waals surface area contributed by atoms with Crippen molar-refractivity contribution in [1.82, 2.24) is 19.5 Å². The normalized spacial score (nSPS) is 26.4. The predicted molar refractivity (Wildman–Crippen MR) is 171 cm³/mol. The highest BCUT2D eigenvalue weighted by atomic mass is 32.5. The first-order valence-electron chi connectivity index (χ1n) is 14.4. The maximum absolute atomic E-state index is 11.4. The first kappa shape index (κ1) is 29.9. The van der Waals surface area contributed by atoms with Crippen molar-refractivity contribution in [2.24, 2.45) is 0 Å². The first-order valence-corrected chi connectivity index (χ1v) is 17.0. The third kappa shape index (κ3) is 5.12. The van der Waals surface area contributed by atoms with Gasteiger partial charge in [0.25, 0.3) is 0 Å². The van der Waals surface area contributed by atoms with Crippen LogP contribution in [0.3, 0.4) is 0 Å². The van der Waals surface area contributed by atoms with Crippen LogP contribution in [0.15, 0.2) is 97.6 Å². The van der Waals surface area contributed by atoms with E-state index >= 15 is 0 Å². The summed E-state index contributed by atoms with van der Waals surface area (Å²) in [5, 5.41) is 15.2. The van der Waals surface area contributed by atoms with Crippen LogP contribution in [0.2, 0.25) is 0 Å². The van der Waals surface area contributed by atoms with Crippen LogP contribution in [-0.2, 0) is 35.7 Å². The van der Waals surface area contributed by atoms with Crippen LogP contribution in [0.1, 0.15) is 29.8 Å². The molecule has 2 aliphatic heterocycles. The number of anilines is 1. The number of rotatable bonds is 8. The van der Waals surface area contributed by atoms with E-state index < -0.39 is 42.9 Å². The van der Waals surface area contributed by atoms with Crippen molar-refractivity contribution >= 4 is 35.5 Å². The van der Waals surface area contributed by atoms with Crippen molar-refractivity contribution in [2.45, 2.75) is 43.1 Å². The highest BCUT2D eigenvalue weighted by molar-refractivity contribution is 8.07. The topological polar surface area (TPSA) is 122 Å². The Morgan fingerprint density at radius 2 is 1.51 bits per heavy atom. The van der Waals surface area contributed by atoms with Gasteiger partial charge in [-0.15, -0.1) is 0 Å². The van der Waals surface area contributed by atoms with Crippen molar-refractivity contribution in [3.05, 3.63) is 114 Å². The number of aliphatic hydroxyl groups is 1. The Morgan fingerprint density at radius 3 is 2.13 bits per heavy atom. The zero-order chi connectivity index (χ0) is 31.2. The lowest BCUT2D eigenvalue weighted by molar-refractivity contribution is -0.0922. The van der Waals surface area contributed by atoms with Gasteiger partial charge in [0, 0.05) is 7.11 Å². The van der Waals surface area contributed by atoms with Crippen LogP contribution < -0.4 is 10.1 Å². The standard InChI is InChI=1S/C32H32N5O6PS/c1-20-27-28(43-44(45,40-3)42-20)26(38)31(41-27)37-19-35-25-29(33-18-34-30(25)37)36-32(21-10-6-4-7-11-21,22-12-8-5-9-13-22)23-14-16-24(39-2)17-15-23/h4-20,26-28,31,38H,1-3H3,(H,33,34,36). The fraction of sp³-hybridized carbons (Fsp3) is 0.281. The molecule has 11 nitrogen and oxygen atoms in total. The molecule has 2 aliphatic rings. The zero-order valence-corrected chi connectivity index (χ0v) is 26.5. The van der Waals surface area contributed by atoms with E-state index in [1.807, 2.05) is 67.6 Å². The molecular formula is C32H32N5O6PS. The monoisotopic (exact) mass is 645 g/mol. The minimum absolute atomic E-state index is 0.447. The molecule has 6 atom stereocenters. The number of ether oxygens (including phenoxy) is 2. The SMILES string of the molecule is COc1ccc(C(Nc2ncnc3c2ncn3C2OC3C(C)OP(=S)(OC)OC3C2O)(c2ccccc2)c2ccccc2)cc1. The van der Waals surface area contributed by atoms with Crippen molar-refractivity contribution < 1.29 is 28.2 Å². The lowest BCUT2D eigenvalue weighted by Gasteiger charge is -2.37. The largest absolute Gasteiger partial charge is 0.497 e. The number of hydrogen-bond acceptors (Lipinski definition) is 11. The third-order valence-electron chi connectivity index (χ3n) is 8.36. The highest BCUT2D eigenvalue weighted by Crippen LogP contribution is 2.58. The number of hydrogen-bond donors (Lipinski definition) is 2. The molecule has 2 N–H and O–H groups in total. The molecule has 4 heterocycles. The predicted octanol–water partition coefficient (Wildman–Crippen LogP) is 5.17. The van der Waals surface area contributed by atoms with E-state index in [0.717, 1.165) is 22.4 Å². The second-order valence-corrected chi connectivity index (χ2v) is 13.9. The van der Waals surface area contributed by atoms with Gasteiger partial charge in [0.15, 0.2) is 23.2 Å². The molecule has 2 fully saturated rings. The molecule has 2 aromatic heterocycles. The number of methoxy groups -OCH3 is 1. The number of aliphatic hydroxyl groups excluding tert-OH is 1. The molecule has 5 aromatic rings. The van der Waals surface area contributed by atoms with Crippen LogP contribution in [-0.4, -0.2) is 63.3 Å². The molecule has 13 heteroatoms. The van der Waals surface area contributed by atoms with Crippen molar-refractivity contribution in [1.29, 1.82) is 0 Å². The Labute approximate surface area is 265 Å².